The Bertz CT molecular complexity index is 1220. The Morgan fingerprint density at radius 3 is 2.29 bits per heavy atom. The second kappa shape index (κ2) is 9.57. The molecular weight excluding hydrogens is 453 g/mol. The second-order valence-electron chi connectivity index (χ2n) is 9.10. The first-order chi connectivity index (χ1) is 16.7. The summed E-state index contributed by atoms with van der Waals surface area (Å²) in [4.78, 5) is 9.19. The quantitative estimate of drug-likeness (QED) is 0.256. The van der Waals surface area contributed by atoms with Crippen molar-refractivity contribution in [3.8, 4) is 11.3 Å². The van der Waals surface area contributed by atoms with Crippen molar-refractivity contribution >= 4 is 17.5 Å². The molecule has 1 aliphatic rings. The number of aliphatic hydroxyl groups excluding tert-OH is 3. The molecule has 1 atom stereocenters. The van der Waals surface area contributed by atoms with Crippen molar-refractivity contribution in [2.75, 3.05) is 31.8 Å². The monoisotopic (exact) mass is 483 g/mol. The van der Waals surface area contributed by atoms with Gasteiger partial charge in [0.2, 0.25) is 11.8 Å². The van der Waals surface area contributed by atoms with Crippen LogP contribution in [-0.4, -0.2) is 57.3 Å². The summed E-state index contributed by atoms with van der Waals surface area (Å²) in [5, 5.41) is 50.1. The third kappa shape index (κ3) is 4.40. The van der Waals surface area contributed by atoms with E-state index < -0.39 is 35.8 Å². The Balaban J connectivity index is 2.01. The molecule has 0 radical (unpaired) electrons. The summed E-state index contributed by atoms with van der Waals surface area (Å²) in [5.41, 5.74) is 2.88. The topological polar surface area (TPSA) is 134 Å². The minimum Gasteiger partial charge on any atom is -0.620 e. The normalized spacial score (nSPS) is 17.8. The number of nitrogens with one attached hydrogen (secondary N) is 2. The summed E-state index contributed by atoms with van der Waals surface area (Å²) in [5.74, 6) is -0.235. The van der Waals surface area contributed by atoms with Gasteiger partial charge in [-0.3, -0.25) is 9.96 Å². The van der Waals surface area contributed by atoms with Gasteiger partial charge in [-0.05, 0) is 44.5 Å². The molecule has 9 nitrogen and oxygen atoms in total. The van der Waals surface area contributed by atoms with Crippen LogP contribution in [0.2, 0.25) is 0 Å². The number of benzene rings is 2. The van der Waals surface area contributed by atoms with E-state index in [0.29, 0.717) is 34.6 Å². The van der Waals surface area contributed by atoms with Crippen molar-refractivity contribution in [1.29, 1.82) is 0 Å². The van der Waals surface area contributed by atoms with Gasteiger partial charge < -0.3 is 25.8 Å². The van der Waals surface area contributed by atoms with Crippen LogP contribution in [0.1, 0.15) is 22.3 Å². The Morgan fingerprint density at radius 2 is 1.69 bits per heavy atom. The van der Waals surface area contributed by atoms with Crippen molar-refractivity contribution < 1.29 is 19.7 Å². The van der Waals surface area contributed by atoms with Gasteiger partial charge in [0, 0.05) is 23.2 Å². The molecule has 10 heteroatoms. The number of anilines is 1. The van der Waals surface area contributed by atoms with Gasteiger partial charge in [0.25, 0.3) is 0 Å². The van der Waals surface area contributed by atoms with E-state index in [0.717, 1.165) is 11.1 Å². The summed E-state index contributed by atoms with van der Waals surface area (Å²) in [6.07, 6.45) is 0. The molecule has 3 aromatic rings. The molecule has 2 aromatic carbocycles. The molecule has 4 rings (SSSR count). The predicted octanol–water partition coefficient (Wildman–Crippen LogP) is 2.53. The maximum Gasteiger partial charge on any atom is 0.243 e. The lowest BCUT2D eigenvalue weighted by Crippen LogP contribution is -2.52. The average molecular weight is 484 g/mol. The van der Waals surface area contributed by atoms with Gasteiger partial charge in [0.15, 0.2) is 0 Å². The van der Waals surface area contributed by atoms with Crippen molar-refractivity contribution in [2.24, 2.45) is 0 Å². The Kier molecular flexibility index (Phi) is 6.87. The maximum atomic E-state index is 14.6. The highest BCUT2D eigenvalue weighted by Crippen LogP contribution is 2.44. The van der Waals surface area contributed by atoms with Crippen LogP contribution in [-0.2, 0) is 6.54 Å². The van der Waals surface area contributed by atoms with Crippen LogP contribution in [0.25, 0.3) is 11.3 Å². The van der Waals surface area contributed by atoms with Gasteiger partial charge in [0.05, 0.1) is 31.1 Å². The number of nitrogens with zero attached hydrogens (tertiary/aromatic N) is 3. The minimum atomic E-state index is -1.51. The van der Waals surface area contributed by atoms with Crippen LogP contribution in [0.5, 0.6) is 0 Å². The first-order valence-corrected chi connectivity index (χ1v) is 11.3. The molecule has 0 bridgehead atoms. The number of aryl methyl sites for hydroxylation is 3. The second-order valence-corrected chi connectivity index (χ2v) is 9.10. The van der Waals surface area contributed by atoms with E-state index >= 15 is 0 Å². The number of hydrogen-bond acceptors (Lipinski definition) is 8. The van der Waals surface area contributed by atoms with Gasteiger partial charge in [-0.2, -0.15) is 4.98 Å². The molecule has 1 aliphatic heterocycles. The molecule has 2 heterocycles. The highest BCUT2D eigenvalue weighted by atomic mass is 19.1. The third-order valence-electron chi connectivity index (χ3n) is 6.49. The zero-order valence-corrected chi connectivity index (χ0v) is 20.0. The van der Waals surface area contributed by atoms with Crippen LogP contribution < -0.4 is 15.3 Å². The molecule has 0 aliphatic carbocycles. The van der Waals surface area contributed by atoms with Gasteiger partial charge in [-0.1, -0.05) is 18.2 Å². The minimum absolute atomic E-state index is 0.0299. The first-order valence-electron chi connectivity index (χ1n) is 11.3. The number of hydrogen-bond donors (Lipinski definition) is 5. The molecule has 5 N–H and O–H groups in total. The molecule has 0 saturated heterocycles. The SMILES string of the molecule is Cc1cc(F)ccc1-c1nc(NC(CO)(CO)CO)nc2c1CNC[N+]2([O-])c1c(C)cccc1C. The summed E-state index contributed by atoms with van der Waals surface area (Å²) < 4.78 is 13.0. The fraction of sp³-hybridized carbons (Fsp3) is 0.360. The maximum absolute atomic E-state index is 14.6. The van der Waals surface area contributed by atoms with Crippen LogP contribution in [0.4, 0.5) is 21.8 Å². The van der Waals surface area contributed by atoms with Crippen LogP contribution in [0.3, 0.4) is 0 Å². The average Bonchev–Trinajstić information content (AvgIpc) is 2.83. The molecule has 1 unspecified atom stereocenters. The van der Waals surface area contributed by atoms with Gasteiger partial charge in [-0.25, -0.2) is 9.37 Å². The van der Waals surface area contributed by atoms with Crippen LogP contribution in [0.15, 0.2) is 36.4 Å². The number of quaternary nitrogens is 1. The first kappa shape index (κ1) is 25.1. The van der Waals surface area contributed by atoms with E-state index in [9.17, 15) is 24.9 Å². The van der Waals surface area contributed by atoms with Crippen LogP contribution in [0, 0.1) is 31.8 Å². The molecule has 0 amide bonds. The lowest BCUT2D eigenvalue weighted by atomic mass is 9.99. The van der Waals surface area contributed by atoms with Gasteiger partial charge >= 0.3 is 0 Å². The van der Waals surface area contributed by atoms with Crippen molar-refractivity contribution in [1.82, 2.24) is 19.9 Å². The Hall–Kier alpha value is -2.99. The summed E-state index contributed by atoms with van der Waals surface area (Å²) >= 11 is 0. The number of aliphatic hydroxyl groups is 3. The lowest BCUT2D eigenvalue weighted by molar-refractivity contribution is 0.0828. The summed E-state index contributed by atoms with van der Waals surface area (Å²) in [6.45, 7) is 4.05. The molecule has 0 saturated carbocycles. The largest absolute Gasteiger partial charge is 0.620 e. The van der Waals surface area contributed by atoms with E-state index in [1.807, 2.05) is 32.0 Å². The summed E-state index contributed by atoms with van der Waals surface area (Å²) in [7, 11) is 0. The highest BCUT2D eigenvalue weighted by molar-refractivity contribution is 5.76. The van der Waals surface area contributed by atoms with Gasteiger partial charge in [0.1, 0.15) is 23.7 Å². The van der Waals surface area contributed by atoms with Crippen molar-refractivity contribution in [2.45, 2.75) is 32.9 Å². The molecule has 0 fully saturated rings. The number of fused-ring (bicyclic) bond motifs is 1. The molecule has 35 heavy (non-hydrogen) atoms. The van der Waals surface area contributed by atoms with E-state index in [-0.39, 0.29) is 18.4 Å². The summed E-state index contributed by atoms with van der Waals surface area (Å²) in [6, 6.07) is 9.93. The third-order valence-corrected chi connectivity index (χ3v) is 6.49. The number of hydroxylamine groups is 1. The fourth-order valence-corrected chi connectivity index (χ4v) is 4.58. The van der Waals surface area contributed by atoms with Crippen molar-refractivity contribution in [3.05, 3.63) is 69.7 Å². The smallest absolute Gasteiger partial charge is 0.243 e. The van der Waals surface area contributed by atoms with Crippen LogP contribution >= 0.6 is 0 Å². The Morgan fingerprint density at radius 1 is 1.03 bits per heavy atom. The molecule has 0 spiro atoms. The molecular formula is C25H30FN5O4. The van der Waals surface area contributed by atoms with Gasteiger partial charge in [-0.15, -0.1) is 0 Å². The highest BCUT2D eigenvalue weighted by Gasteiger charge is 2.38. The van der Waals surface area contributed by atoms with E-state index in [1.165, 1.54) is 12.1 Å². The fourth-order valence-electron chi connectivity index (χ4n) is 4.58. The number of para-hydroxylation sites is 1. The molecule has 1 aromatic heterocycles. The van der Waals surface area contributed by atoms with E-state index in [2.05, 4.69) is 20.6 Å². The number of aromatic nitrogens is 2. The zero-order chi connectivity index (χ0) is 25.4. The zero-order valence-electron chi connectivity index (χ0n) is 20.0. The Labute approximate surface area is 203 Å². The number of rotatable bonds is 7. The lowest BCUT2D eigenvalue weighted by Gasteiger charge is -2.45. The van der Waals surface area contributed by atoms with E-state index in [1.54, 1.807) is 13.0 Å². The predicted molar refractivity (Wildman–Crippen MR) is 132 cm³/mol. The van der Waals surface area contributed by atoms with E-state index in [4.69, 9.17) is 0 Å². The number of halogens is 1. The molecule has 186 valence electrons. The standard InChI is InChI=1S/C25H30FN5O4/c1-15-5-4-6-16(2)22(15)31(35)14-27-10-20-21(19-8-7-18(26)9-17(19)3)28-24(29-23(20)31)30-25(11-32,12-33)13-34/h4-9,27,32-34H,10-14H2,1-3H3,(H,28,29,30). The van der Waals surface area contributed by atoms with Crippen molar-refractivity contribution in [3.63, 3.8) is 0 Å².